The van der Waals surface area contributed by atoms with Gasteiger partial charge in [-0.2, -0.15) is 0 Å². The molecule has 106 valence electrons. The van der Waals surface area contributed by atoms with Gasteiger partial charge in [0.2, 0.25) is 10.9 Å². The third-order valence-electron chi connectivity index (χ3n) is 2.68. The quantitative estimate of drug-likeness (QED) is 0.863. The number of hydrogen-bond acceptors (Lipinski definition) is 5. The molecular formula is C13H13NO5S. The van der Waals surface area contributed by atoms with Gasteiger partial charge in [-0.1, -0.05) is 24.3 Å². The molecule has 0 fully saturated rings. The molecule has 0 saturated heterocycles. The second kappa shape index (κ2) is 5.48. The second-order valence-corrected chi connectivity index (χ2v) is 5.66. The number of benzene rings is 1. The molecule has 2 aromatic rings. The van der Waals surface area contributed by atoms with E-state index in [2.05, 4.69) is 0 Å². The van der Waals surface area contributed by atoms with E-state index >= 15 is 0 Å². The Balaban J connectivity index is 2.06. The summed E-state index contributed by atoms with van der Waals surface area (Å²) in [4.78, 5) is 11.7. The normalized spacial score (nSPS) is 11.3. The first-order chi connectivity index (χ1) is 9.38. The standard InChI is InChI=1S/C13H13NO5S/c1-9-4-2-3-5-10(9)8-18-13(15)11-6-7-12(19-11)20(14,16)17/h2-7H,8H2,1H3,(H2,14,16,17). The Morgan fingerprint density at radius 1 is 1.25 bits per heavy atom. The summed E-state index contributed by atoms with van der Waals surface area (Å²) in [5, 5.41) is 4.41. The van der Waals surface area contributed by atoms with Gasteiger partial charge in [0.25, 0.3) is 10.0 Å². The molecule has 0 unspecified atom stereocenters. The van der Waals surface area contributed by atoms with Crippen LogP contribution in [0.1, 0.15) is 21.7 Å². The van der Waals surface area contributed by atoms with E-state index in [-0.39, 0.29) is 12.4 Å². The fourth-order valence-electron chi connectivity index (χ4n) is 1.57. The maximum absolute atomic E-state index is 11.7. The average molecular weight is 295 g/mol. The number of sulfonamides is 1. The zero-order valence-electron chi connectivity index (χ0n) is 10.7. The maximum atomic E-state index is 11.7. The van der Waals surface area contributed by atoms with E-state index in [1.54, 1.807) is 0 Å². The molecule has 0 spiro atoms. The molecule has 1 aromatic carbocycles. The number of hydrogen-bond donors (Lipinski definition) is 1. The van der Waals surface area contributed by atoms with E-state index in [1.807, 2.05) is 31.2 Å². The summed E-state index contributed by atoms with van der Waals surface area (Å²) >= 11 is 0. The Kier molecular flexibility index (Phi) is 3.91. The summed E-state index contributed by atoms with van der Waals surface area (Å²) in [6.45, 7) is 1.98. The molecule has 7 heteroatoms. The number of carbonyl (C=O) groups is 1. The average Bonchev–Trinajstić information content (AvgIpc) is 2.87. The first kappa shape index (κ1) is 14.3. The number of furan rings is 1. The van der Waals surface area contributed by atoms with Crippen molar-refractivity contribution in [2.75, 3.05) is 0 Å². The smallest absolute Gasteiger partial charge is 0.374 e. The first-order valence-electron chi connectivity index (χ1n) is 5.72. The molecule has 2 rings (SSSR count). The highest BCUT2D eigenvalue weighted by Crippen LogP contribution is 2.15. The van der Waals surface area contributed by atoms with Crippen molar-refractivity contribution in [3.63, 3.8) is 0 Å². The van der Waals surface area contributed by atoms with Crippen molar-refractivity contribution in [3.05, 3.63) is 53.3 Å². The lowest BCUT2D eigenvalue weighted by atomic mass is 10.1. The lowest BCUT2D eigenvalue weighted by Gasteiger charge is -2.05. The lowest BCUT2D eigenvalue weighted by Crippen LogP contribution is -2.11. The monoisotopic (exact) mass is 295 g/mol. The number of esters is 1. The summed E-state index contributed by atoms with van der Waals surface area (Å²) in [7, 11) is -3.96. The van der Waals surface area contributed by atoms with Crippen molar-refractivity contribution in [3.8, 4) is 0 Å². The molecule has 0 saturated carbocycles. The van der Waals surface area contributed by atoms with Crippen molar-refractivity contribution in [2.24, 2.45) is 5.14 Å². The third-order valence-corrected chi connectivity index (χ3v) is 3.46. The molecule has 2 N–H and O–H groups in total. The van der Waals surface area contributed by atoms with Crippen molar-refractivity contribution < 1.29 is 22.4 Å². The van der Waals surface area contributed by atoms with Crippen LogP contribution in [0.4, 0.5) is 0 Å². The molecular weight excluding hydrogens is 282 g/mol. The summed E-state index contributed by atoms with van der Waals surface area (Å²) in [5.41, 5.74) is 1.85. The van der Waals surface area contributed by atoms with Gasteiger partial charge in [0.05, 0.1) is 0 Å². The van der Waals surface area contributed by atoms with Crippen molar-refractivity contribution in [1.82, 2.24) is 0 Å². The Labute approximate surface area is 116 Å². The molecule has 0 bridgehead atoms. The van der Waals surface area contributed by atoms with Crippen molar-refractivity contribution in [1.29, 1.82) is 0 Å². The highest BCUT2D eigenvalue weighted by atomic mass is 32.2. The molecule has 0 amide bonds. The van der Waals surface area contributed by atoms with E-state index in [0.717, 1.165) is 17.2 Å². The molecule has 1 heterocycles. The van der Waals surface area contributed by atoms with E-state index in [1.165, 1.54) is 6.07 Å². The molecule has 1 aromatic heterocycles. The minimum atomic E-state index is -3.96. The molecule has 0 aliphatic heterocycles. The molecule has 6 nitrogen and oxygen atoms in total. The van der Waals surface area contributed by atoms with E-state index in [0.29, 0.717) is 0 Å². The SMILES string of the molecule is Cc1ccccc1COC(=O)c1ccc(S(N)(=O)=O)o1. The maximum Gasteiger partial charge on any atom is 0.374 e. The van der Waals surface area contributed by atoms with Crippen LogP contribution < -0.4 is 5.14 Å². The lowest BCUT2D eigenvalue weighted by molar-refractivity contribution is 0.0429. The van der Waals surface area contributed by atoms with Gasteiger partial charge in [-0.25, -0.2) is 18.4 Å². The molecule has 0 aliphatic carbocycles. The predicted octanol–water partition coefficient (Wildman–Crippen LogP) is 1.59. The van der Waals surface area contributed by atoms with Crippen LogP contribution in [-0.2, 0) is 21.4 Å². The van der Waals surface area contributed by atoms with Gasteiger partial charge in [0.1, 0.15) is 6.61 Å². The zero-order valence-corrected chi connectivity index (χ0v) is 11.5. The van der Waals surface area contributed by atoms with Gasteiger partial charge >= 0.3 is 5.97 Å². The second-order valence-electron chi connectivity index (χ2n) is 4.17. The van der Waals surface area contributed by atoms with Gasteiger partial charge in [0.15, 0.2) is 0 Å². The van der Waals surface area contributed by atoms with Crippen LogP contribution in [0.3, 0.4) is 0 Å². The van der Waals surface area contributed by atoms with Gasteiger partial charge in [-0.15, -0.1) is 0 Å². The van der Waals surface area contributed by atoms with Crippen LogP contribution in [0.2, 0.25) is 0 Å². The summed E-state index contributed by atoms with van der Waals surface area (Å²) in [5.74, 6) is -0.953. The van der Waals surface area contributed by atoms with Gasteiger partial charge in [-0.3, -0.25) is 0 Å². The number of ether oxygens (including phenoxy) is 1. The number of carbonyl (C=O) groups excluding carboxylic acids is 1. The van der Waals surface area contributed by atoms with Crippen LogP contribution in [0.25, 0.3) is 0 Å². The summed E-state index contributed by atoms with van der Waals surface area (Å²) < 4.78 is 31.9. The number of rotatable bonds is 4. The molecule has 20 heavy (non-hydrogen) atoms. The first-order valence-corrected chi connectivity index (χ1v) is 7.27. The molecule has 0 radical (unpaired) electrons. The fourth-order valence-corrected chi connectivity index (χ4v) is 2.03. The van der Waals surface area contributed by atoms with E-state index in [4.69, 9.17) is 14.3 Å². The van der Waals surface area contributed by atoms with Crippen molar-refractivity contribution in [2.45, 2.75) is 18.6 Å². The summed E-state index contributed by atoms with van der Waals surface area (Å²) in [6, 6.07) is 9.77. The third kappa shape index (κ3) is 3.25. The minimum Gasteiger partial charge on any atom is -0.455 e. The number of nitrogens with two attached hydrogens (primary N) is 1. The largest absolute Gasteiger partial charge is 0.455 e. The highest BCUT2D eigenvalue weighted by molar-refractivity contribution is 7.89. The van der Waals surface area contributed by atoms with Gasteiger partial charge < -0.3 is 9.15 Å². The zero-order chi connectivity index (χ0) is 14.8. The fraction of sp³-hybridized carbons (Fsp3) is 0.154. The van der Waals surface area contributed by atoms with Gasteiger partial charge in [-0.05, 0) is 30.2 Å². The Morgan fingerprint density at radius 2 is 1.95 bits per heavy atom. The highest BCUT2D eigenvalue weighted by Gasteiger charge is 2.18. The van der Waals surface area contributed by atoms with E-state index in [9.17, 15) is 13.2 Å². The van der Waals surface area contributed by atoms with Crippen LogP contribution in [0.5, 0.6) is 0 Å². The topological polar surface area (TPSA) is 99.6 Å². The van der Waals surface area contributed by atoms with Crippen LogP contribution >= 0.6 is 0 Å². The Bertz CT molecular complexity index is 733. The van der Waals surface area contributed by atoms with Crippen LogP contribution in [0.15, 0.2) is 45.9 Å². The Hall–Kier alpha value is -2.12. The predicted molar refractivity (Wildman–Crippen MR) is 70.4 cm³/mol. The molecule has 0 atom stereocenters. The van der Waals surface area contributed by atoms with Crippen molar-refractivity contribution >= 4 is 16.0 Å². The number of aryl methyl sites for hydroxylation is 1. The van der Waals surface area contributed by atoms with Gasteiger partial charge in [0, 0.05) is 0 Å². The Morgan fingerprint density at radius 3 is 2.55 bits per heavy atom. The van der Waals surface area contributed by atoms with Crippen LogP contribution in [-0.4, -0.2) is 14.4 Å². The minimum absolute atomic E-state index is 0.0803. The number of primary sulfonamides is 1. The van der Waals surface area contributed by atoms with Crippen LogP contribution in [0, 0.1) is 6.92 Å². The summed E-state index contributed by atoms with van der Waals surface area (Å²) in [6.07, 6.45) is 0. The molecule has 0 aliphatic rings. The van der Waals surface area contributed by atoms with E-state index < -0.39 is 21.1 Å².